The minimum atomic E-state index is -0.321. The number of hydrogen-bond donors (Lipinski definition) is 2. The molecule has 3 aromatic heterocycles. The zero-order valence-electron chi connectivity index (χ0n) is 18.1. The van der Waals surface area contributed by atoms with Gasteiger partial charge in [-0.25, -0.2) is 9.37 Å². The lowest BCUT2D eigenvalue weighted by Gasteiger charge is -2.10. The van der Waals surface area contributed by atoms with E-state index in [0.29, 0.717) is 6.54 Å². The number of benzene rings is 2. The Bertz CT molecular complexity index is 1430. The SMILES string of the molecule is O=C(Cn1c(-c2nccs2)cc2cc(F)ccc21)NCc1ccc(-c2ccc(CO)cc2)cn1. The Morgan fingerprint density at radius 3 is 2.56 bits per heavy atom. The molecule has 0 saturated heterocycles. The van der Waals surface area contributed by atoms with Gasteiger partial charge in [0.05, 0.1) is 24.5 Å². The quantitative estimate of drug-likeness (QED) is 0.357. The Labute approximate surface area is 199 Å². The number of halogens is 1. The van der Waals surface area contributed by atoms with E-state index in [0.717, 1.165) is 44.0 Å². The molecule has 5 rings (SSSR count). The van der Waals surface area contributed by atoms with Crippen LogP contribution in [0.25, 0.3) is 32.7 Å². The Balaban J connectivity index is 1.29. The van der Waals surface area contributed by atoms with Gasteiger partial charge in [0.15, 0.2) is 0 Å². The molecule has 0 aliphatic rings. The third-order valence-electron chi connectivity index (χ3n) is 5.58. The molecular weight excluding hydrogens is 451 g/mol. The molecule has 0 spiro atoms. The van der Waals surface area contributed by atoms with E-state index in [1.807, 2.05) is 52.4 Å². The minimum absolute atomic E-state index is 0.0121. The zero-order chi connectivity index (χ0) is 23.5. The van der Waals surface area contributed by atoms with Gasteiger partial charge in [-0.15, -0.1) is 11.3 Å². The Morgan fingerprint density at radius 2 is 1.85 bits per heavy atom. The number of hydrogen-bond acceptors (Lipinski definition) is 5. The molecular formula is C26H21FN4O2S. The van der Waals surface area contributed by atoms with Crippen LogP contribution in [0.3, 0.4) is 0 Å². The van der Waals surface area contributed by atoms with Crippen molar-refractivity contribution in [3.63, 3.8) is 0 Å². The number of pyridine rings is 1. The topological polar surface area (TPSA) is 80.0 Å². The third kappa shape index (κ3) is 4.59. The van der Waals surface area contributed by atoms with Gasteiger partial charge in [0.2, 0.25) is 5.91 Å². The van der Waals surface area contributed by atoms with Gasteiger partial charge in [-0.2, -0.15) is 0 Å². The van der Waals surface area contributed by atoms with Crippen molar-refractivity contribution in [3.8, 4) is 21.8 Å². The highest BCUT2D eigenvalue weighted by molar-refractivity contribution is 7.13. The minimum Gasteiger partial charge on any atom is -0.392 e. The van der Waals surface area contributed by atoms with Crippen LogP contribution in [0, 0.1) is 5.82 Å². The van der Waals surface area contributed by atoms with Crippen LogP contribution >= 0.6 is 11.3 Å². The monoisotopic (exact) mass is 472 g/mol. The number of aliphatic hydroxyl groups excluding tert-OH is 1. The number of fused-ring (bicyclic) bond motifs is 1. The molecule has 0 saturated carbocycles. The predicted octanol–water partition coefficient (Wildman–Crippen LogP) is 4.77. The van der Waals surface area contributed by atoms with Crippen molar-refractivity contribution in [1.82, 2.24) is 19.9 Å². The van der Waals surface area contributed by atoms with Crippen molar-refractivity contribution in [1.29, 1.82) is 0 Å². The number of nitrogens with one attached hydrogen (secondary N) is 1. The van der Waals surface area contributed by atoms with Crippen molar-refractivity contribution in [2.45, 2.75) is 19.7 Å². The van der Waals surface area contributed by atoms with Crippen LogP contribution in [-0.2, 0) is 24.5 Å². The van der Waals surface area contributed by atoms with Gasteiger partial charge >= 0.3 is 0 Å². The van der Waals surface area contributed by atoms with Crippen LogP contribution in [-0.4, -0.2) is 25.5 Å². The molecule has 0 atom stereocenters. The fourth-order valence-electron chi connectivity index (χ4n) is 3.83. The molecule has 170 valence electrons. The van der Waals surface area contributed by atoms with E-state index in [1.54, 1.807) is 18.5 Å². The summed E-state index contributed by atoms with van der Waals surface area (Å²) in [6.45, 7) is 0.389. The summed E-state index contributed by atoms with van der Waals surface area (Å²) < 4.78 is 15.6. The molecule has 0 fully saturated rings. The highest BCUT2D eigenvalue weighted by Gasteiger charge is 2.16. The number of carbonyl (C=O) groups excluding carboxylic acids is 1. The lowest BCUT2D eigenvalue weighted by Crippen LogP contribution is -2.27. The van der Waals surface area contributed by atoms with Gasteiger partial charge in [0.25, 0.3) is 0 Å². The van der Waals surface area contributed by atoms with Crippen molar-refractivity contribution < 1.29 is 14.3 Å². The molecule has 0 aliphatic heterocycles. The first-order valence-electron chi connectivity index (χ1n) is 10.7. The Hall–Kier alpha value is -3.88. The second-order valence-corrected chi connectivity index (χ2v) is 8.72. The van der Waals surface area contributed by atoms with Crippen LogP contribution in [0.2, 0.25) is 0 Å². The van der Waals surface area contributed by atoms with E-state index in [-0.39, 0.29) is 24.9 Å². The van der Waals surface area contributed by atoms with Gasteiger partial charge in [-0.1, -0.05) is 30.3 Å². The summed E-state index contributed by atoms with van der Waals surface area (Å²) in [4.78, 5) is 21.6. The molecule has 0 bridgehead atoms. The van der Waals surface area contributed by atoms with Crippen LogP contribution < -0.4 is 5.32 Å². The number of aromatic nitrogens is 3. The Morgan fingerprint density at radius 1 is 1.03 bits per heavy atom. The lowest BCUT2D eigenvalue weighted by molar-refractivity contribution is -0.121. The first-order valence-corrected chi connectivity index (χ1v) is 11.6. The highest BCUT2D eigenvalue weighted by Crippen LogP contribution is 2.30. The van der Waals surface area contributed by atoms with Gasteiger partial charge in [0.1, 0.15) is 17.4 Å². The van der Waals surface area contributed by atoms with E-state index in [1.165, 1.54) is 23.5 Å². The molecule has 8 heteroatoms. The molecule has 6 nitrogen and oxygen atoms in total. The number of thiazole rings is 1. The van der Waals surface area contributed by atoms with E-state index >= 15 is 0 Å². The molecule has 2 N–H and O–H groups in total. The van der Waals surface area contributed by atoms with Crippen molar-refractivity contribution >= 4 is 28.1 Å². The van der Waals surface area contributed by atoms with E-state index in [2.05, 4.69) is 15.3 Å². The maximum atomic E-state index is 13.7. The maximum absolute atomic E-state index is 13.7. The second kappa shape index (κ2) is 9.54. The zero-order valence-corrected chi connectivity index (χ0v) is 18.9. The maximum Gasteiger partial charge on any atom is 0.240 e. The van der Waals surface area contributed by atoms with Crippen LogP contribution in [0.15, 0.2) is 78.4 Å². The molecule has 5 aromatic rings. The fraction of sp³-hybridized carbons (Fsp3) is 0.115. The third-order valence-corrected chi connectivity index (χ3v) is 6.37. The van der Waals surface area contributed by atoms with E-state index in [9.17, 15) is 14.3 Å². The molecule has 3 heterocycles. The first-order chi connectivity index (χ1) is 16.6. The predicted molar refractivity (Wildman–Crippen MR) is 130 cm³/mol. The largest absolute Gasteiger partial charge is 0.392 e. The summed E-state index contributed by atoms with van der Waals surface area (Å²) in [6.07, 6.45) is 3.48. The van der Waals surface area contributed by atoms with Gasteiger partial charge < -0.3 is 15.0 Å². The summed E-state index contributed by atoms with van der Waals surface area (Å²) in [5, 5.41) is 15.5. The molecule has 0 radical (unpaired) electrons. The summed E-state index contributed by atoms with van der Waals surface area (Å²) >= 11 is 1.47. The number of amides is 1. The average molecular weight is 473 g/mol. The standard InChI is InChI=1S/C26H21FN4O2S/c27-21-6-8-23-20(11-21)12-24(26-28-9-10-34-26)31(23)15-25(33)30-14-22-7-5-19(13-29-22)18-3-1-17(16-32)2-4-18/h1-13,32H,14-16H2,(H,30,33). The number of aliphatic hydroxyl groups is 1. The van der Waals surface area contributed by atoms with Gasteiger partial charge in [-0.3, -0.25) is 9.78 Å². The fourth-order valence-corrected chi connectivity index (χ4v) is 4.49. The van der Waals surface area contributed by atoms with Gasteiger partial charge in [0, 0.05) is 34.2 Å². The number of carbonyl (C=O) groups is 1. The number of nitrogens with zero attached hydrogens (tertiary/aromatic N) is 3. The molecule has 1 amide bonds. The molecule has 34 heavy (non-hydrogen) atoms. The van der Waals surface area contributed by atoms with E-state index < -0.39 is 0 Å². The molecule has 2 aromatic carbocycles. The smallest absolute Gasteiger partial charge is 0.240 e. The van der Waals surface area contributed by atoms with Crippen molar-refractivity contribution in [2.24, 2.45) is 0 Å². The average Bonchev–Trinajstić information content (AvgIpc) is 3.51. The summed E-state index contributed by atoms with van der Waals surface area (Å²) in [7, 11) is 0. The number of rotatable bonds is 7. The van der Waals surface area contributed by atoms with Crippen LogP contribution in [0.1, 0.15) is 11.3 Å². The van der Waals surface area contributed by atoms with E-state index in [4.69, 9.17) is 0 Å². The van der Waals surface area contributed by atoms with Crippen LogP contribution in [0.5, 0.6) is 0 Å². The normalized spacial score (nSPS) is 11.1. The van der Waals surface area contributed by atoms with Gasteiger partial charge in [-0.05, 0) is 41.5 Å². The summed E-state index contributed by atoms with van der Waals surface area (Å²) in [5.74, 6) is -0.497. The molecule has 0 unspecified atom stereocenters. The molecule has 0 aliphatic carbocycles. The lowest BCUT2D eigenvalue weighted by atomic mass is 10.1. The first kappa shape index (κ1) is 21.9. The summed E-state index contributed by atoms with van der Waals surface area (Å²) in [6, 6.07) is 17.9. The summed E-state index contributed by atoms with van der Waals surface area (Å²) in [5.41, 5.74) is 5.11. The highest BCUT2D eigenvalue weighted by atomic mass is 32.1. The Kier molecular flexibility index (Phi) is 6.16. The second-order valence-electron chi connectivity index (χ2n) is 7.83. The van der Waals surface area contributed by atoms with Crippen molar-refractivity contribution in [3.05, 3.63) is 95.5 Å². The van der Waals surface area contributed by atoms with Crippen molar-refractivity contribution in [2.75, 3.05) is 0 Å². The van der Waals surface area contributed by atoms with Crippen LogP contribution in [0.4, 0.5) is 4.39 Å².